The van der Waals surface area contributed by atoms with E-state index in [0.717, 1.165) is 12.8 Å². The van der Waals surface area contributed by atoms with Gasteiger partial charge in [-0.05, 0) is 13.3 Å². The van der Waals surface area contributed by atoms with E-state index in [1.165, 1.54) is 12.1 Å². The van der Waals surface area contributed by atoms with E-state index in [1.807, 2.05) is 13.8 Å². The lowest BCUT2D eigenvalue weighted by molar-refractivity contribution is 0.207. The maximum atomic E-state index is 9.23. The highest BCUT2D eigenvalue weighted by Gasteiger charge is 2.10. The number of hydrogen-bond donors (Lipinski definition) is 3. The van der Waals surface area contributed by atoms with Gasteiger partial charge in [0.25, 0.3) is 0 Å². The van der Waals surface area contributed by atoms with Gasteiger partial charge in [0.05, 0.1) is 6.10 Å². The number of benzene rings is 1. The third-order valence-corrected chi connectivity index (χ3v) is 2.08. The third-order valence-electron chi connectivity index (χ3n) is 2.08. The van der Waals surface area contributed by atoms with Crippen molar-refractivity contribution in [1.29, 1.82) is 0 Å². The van der Waals surface area contributed by atoms with Gasteiger partial charge in [-0.3, -0.25) is 0 Å². The lowest BCUT2D eigenvalue weighted by Gasteiger charge is -2.14. The van der Waals surface area contributed by atoms with Crippen molar-refractivity contribution in [3.05, 3.63) is 12.1 Å². The van der Waals surface area contributed by atoms with E-state index in [1.54, 1.807) is 0 Å². The molecule has 0 fully saturated rings. The van der Waals surface area contributed by atoms with Crippen LogP contribution in [0, 0.1) is 0 Å². The zero-order valence-electron chi connectivity index (χ0n) is 8.90. The first-order valence-corrected chi connectivity index (χ1v) is 4.96. The van der Waals surface area contributed by atoms with Crippen molar-refractivity contribution >= 4 is 0 Å². The number of aromatic hydroxyl groups is 3. The van der Waals surface area contributed by atoms with Crippen molar-refractivity contribution < 1.29 is 20.1 Å². The van der Waals surface area contributed by atoms with Crippen molar-refractivity contribution in [2.24, 2.45) is 0 Å². The highest BCUT2D eigenvalue weighted by molar-refractivity contribution is 5.53. The molecule has 4 heteroatoms. The molecule has 4 nitrogen and oxygen atoms in total. The summed E-state index contributed by atoms with van der Waals surface area (Å²) in [6, 6.07) is 2.56. The molecule has 0 amide bonds. The predicted octanol–water partition coefficient (Wildman–Crippen LogP) is 2.37. The van der Waals surface area contributed by atoms with Crippen LogP contribution in [0.5, 0.6) is 23.0 Å². The van der Waals surface area contributed by atoms with Gasteiger partial charge in [0.2, 0.25) is 5.75 Å². The molecule has 0 aliphatic carbocycles. The Labute approximate surface area is 88.8 Å². The molecule has 3 N–H and O–H groups in total. The Kier molecular flexibility index (Phi) is 3.66. The van der Waals surface area contributed by atoms with Crippen LogP contribution in [0.25, 0.3) is 0 Å². The Bertz CT molecular complexity index is 312. The largest absolute Gasteiger partial charge is 0.504 e. The summed E-state index contributed by atoms with van der Waals surface area (Å²) in [6.45, 7) is 3.95. The maximum absolute atomic E-state index is 9.23. The Morgan fingerprint density at radius 1 is 1.20 bits per heavy atom. The molecule has 15 heavy (non-hydrogen) atoms. The number of phenolic OH excluding ortho intramolecular Hbond substituents is 3. The number of ether oxygens (including phenoxy) is 1. The molecule has 0 aliphatic heterocycles. The smallest absolute Gasteiger partial charge is 0.200 e. The number of phenols is 3. The topological polar surface area (TPSA) is 69.9 Å². The summed E-state index contributed by atoms with van der Waals surface area (Å²) in [4.78, 5) is 0. The van der Waals surface area contributed by atoms with Crippen LogP contribution in [-0.2, 0) is 0 Å². The minimum Gasteiger partial charge on any atom is -0.504 e. The number of rotatable bonds is 4. The summed E-state index contributed by atoms with van der Waals surface area (Å²) in [5.74, 6) is -0.934. The van der Waals surface area contributed by atoms with E-state index in [0.29, 0.717) is 5.75 Å². The molecule has 1 aromatic rings. The lowest BCUT2D eigenvalue weighted by atomic mass is 10.2. The fourth-order valence-corrected chi connectivity index (χ4v) is 1.34. The van der Waals surface area contributed by atoms with E-state index in [-0.39, 0.29) is 17.6 Å². The van der Waals surface area contributed by atoms with Gasteiger partial charge >= 0.3 is 0 Å². The van der Waals surface area contributed by atoms with Crippen molar-refractivity contribution in [2.45, 2.75) is 32.8 Å². The van der Waals surface area contributed by atoms with Gasteiger partial charge in [0.1, 0.15) is 5.75 Å². The SMILES string of the molecule is CCCC(C)Oc1cc(O)c(O)c(O)c1. The average molecular weight is 212 g/mol. The van der Waals surface area contributed by atoms with Crippen LogP contribution in [0.3, 0.4) is 0 Å². The molecule has 0 bridgehead atoms. The molecule has 0 spiro atoms. The molecule has 1 unspecified atom stereocenters. The lowest BCUT2D eigenvalue weighted by Crippen LogP contribution is -2.10. The molecular weight excluding hydrogens is 196 g/mol. The normalized spacial score (nSPS) is 12.4. The molecule has 0 saturated carbocycles. The summed E-state index contributed by atoms with van der Waals surface area (Å²) in [5, 5.41) is 27.6. The van der Waals surface area contributed by atoms with Crippen LogP contribution in [0.15, 0.2) is 12.1 Å². The molecule has 0 heterocycles. The quantitative estimate of drug-likeness (QED) is 0.670. The molecule has 0 saturated heterocycles. The van der Waals surface area contributed by atoms with Gasteiger partial charge in [0, 0.05) is 12.1 Å². The van der Waals surface area contributed by atoms with E-state index >= 15 is 0 Å². The van der Waals surface area contributed by atoms with Gasteiger partial charge in [-0.25, -0.2) is 0 Å². The molecule has 1 atom stereocenters. The average Bonchev–Trinajstić information content (AvgIpc) is 2.14. The molecule has 0 aliphatic rings. The first-order chi connectivity index (χ1) is 7.04. The van der Waals surface area contributed by atoms with Crippen molar-refractivity contribution in [3.8, 4) is 23.0 Å². The van der Waals surface area contributed by atoms with Gasteiger partial charge < -0.3 is 20.1 Å². The van der Waals surface area contributed by atoms with Gasteiger partial charge in [0.15, 0.2) is 11.5 Å². The van der Waals surface area contributed by atoms with Gasteiger partial charge in [-0.2, -0.15) is 0 Å². The summed E-state index contributed by atoms with van der Waals surface area (Å²) in [6.07, 6.45) is 1.90. The second kappa shape index (κ2) is 4.77. The Morgan fingerprint density at radius 2 is 1.73 bits per heavy atom. The molecule has 1 aromatic carbocycles. The van der Waals surface area contributed by atoms with Crippen LogP contribution in [0.2, 0.25) is 0 Å². The molecule has 84 valence electrons. The Balaban J connectivity index is 2.78. The Morgan fingerprint density at radius 3 is 2.20 bits per heavy atom. The molecule has 0 radical (unpaired) electrons. The minimum absolute atomic E-state index is 0.0124. The van der Waals surface area contributed by atoms with E-state index < -0.39 is 5.75 Å². The predicted molar refractivity (Wildman–Crippen MR) is 56.4 cm³/mol. The second-order valence-electron chi connectivity index (χ2n) is 3.53. The number of hydrogen-bond acceptors (Lipinski definition) is 4. The van der Waals surface area contributed by atoms with Crippen LogP contribution in [-0.4, -0.2) is 21.4 Å². The molecular formula is C11H16O4. The van der Waals surface area contributed by atoms with Gasteiger partial charge in [-0.1, -0.05) is 13.3 Å². The van der Waals surface area contributed by atoms with E-state index in [2.05, 4.69) is 0 Å². The van der Waals surface area contributed by atoms with Crippen LogP contribution < -0.4 is 4.74 Å². The van der Waals surface area contributed by atoms with Crippen LogP contribution >= 0.6 is 0 Å². The standard InChI is InChI=1S/C11H16O4/c1-3-4-7(2)15-8-5-9(12)11(14)10(13)6-8/h5-7,12-14H,3-4H2,1-2H3. The van der Waals surface area contributed by atoms with Gasteiger partial charge in [-0.15, -0.1) is 0 Å². The first kappa shape index (κ1) is 11.5. The minimum atomic E-state index is -0.523. The Hall–Kier alpha value is -1.58. The fraction of sp³-hybridized carbons (Fsp3) is 0.455. The monoisotopic (exact) mass is 212 g/mol. The van der Waals surface area contributed by atoms with Crippen LogP contribution in [0.4, 0.5) is 0 Å². The molecule has 0 aromatic heterocycles. The molecule has 1 rings (SSSR count). The van der Waals surface area contributed by atoms with Crippen LogP contribution in [0.1, 0.15) is 26.7 Å². The fourth-order valence-electron chi connectivity index (χ4n) is 1.34. The first-order valence-electron chi connectivity index (χ1n) is 4.96. The third kappa shape index (κ3) is 2.94. The summed E-state index contributed by atoms with van der Waals surface area (Å²) >= 11 is 0. The van der Waals surface area contributed by atoms with Crippen molar-refractivity contribution in [2.75, 3.05) is 0 Å². The zero-order valence-corrected chi connectivity index (χ0v) is 8.90. The highest BCUT2D eigenvalue weighted by atomic mass is 16.5. The summed E-state index contributed by atoms with van der Waals surface area (Å²) in [7, 11) is 0. The summed E-state index contributed by atoms with van der Waals surface area (Å²) < 4.78 is 5.44. The highest BCUT2D eigenvalue weighted by Crippen LogP contribution is 2.38. The van der Waals surface area contributed by atoms with Crippen molar-refractivity contribution in [1.82, 2.24) is 0 Å². The summed E-state index contributed by atoms with van der Waals surface area (Å²) in [5.41, 5.74) is 0. The zero-order chi connectivity index (χ0) is 11.4. The maximum Gasteiger partial charge on any atom is 0.200 e. The van der Waals surface area contributed by atoms with Crippen molar-refractivity contribution in [3.63, 3.8) is 0 Å². The second-order valence-corrected chi connectivity index (χ2v) is 3.53. The van der Waals surface area contributed by atoms with E-state index in [4.69, 9.17) is 9.84 Å². The van der Waals surface area contributed by atoms with E-state index in [9.17, 15) is 10.2 Å².